The molecule has 0 aliphatic carbocycles. The first-order valence-electron chi connectivity index (χ1n) is 5.55. The molecule has 1 N–H and O–H groups in total. The maximum absolute atomic E-state index is 13.2. The van der Waals surface area contributed by atoms with Crippen molar-refractivity contribution in [3.8, 4) is 0 Å². The molecule has 0 bridgehead atoms. The molecule has 16 heavy (non-hydrogen) atoms. The Labute approximate surface area is 100 Å². The highest BCUT2D eigenvalue weighted by molar-refractivity contribution is 6.31. The molecule has 0 amide bonds. The van der Waals surface area contributed by atoms with E-state index in [1.807, 2.05) is 6.07 Å². The van der Waals surface area contributed by atoms with Gasteiger partial charge in [0.15, 0.2) is 0 Å². The summed E-state index contributed by atoms with van der Waals surface area (Å²) in [6.07, 6.45) is 0. The van der Waals surface area contributed by atoms with E-state index in [2.05, 4.69) is 17.1 Å². The number of hydrogen-bond donors (Lipinski definition) is 1. The van der Waals surface area contributed by atoms with Crippen LogP contribution in [0.15, 0.2) is 18.2 Å². The van der Waals surface area contributed by atoms with Crippen molar-refractivity contribution in [3.63, 3.8) is 0 Å². The number of hydrogen-bond acceptors (Lipinski definition) is 2. The Bertz CT molecular complexity index is 370. The molecule has 1 aromatic carbocycles. The number of rotatable bonds is 2. The lowest BCUT2D eigenvalue weighted by Crippen LogP contribution is -2.48. The predicted octanol–water partition coefficient (Wildman–Crippen LogP) is 2.27. The molecule has 2 rings (SSSR count). The van der Waals surface area contributed by atoms with E-state index in [0.29, 0.717) is 6.04 Å². The van der Waals surface area contributed by atoms with E-state index in [9.17, 15) is 4.39 Å². The van der Waals surface area contributed by atoms with Crippen LogP contribution in [0.1, 0.15) is 12.5 Å². The van der Waals surface area contributed by atoms with Crippen LogP contribution in [0.2, 0.25) is 5.02 Å². The second-order valence-electron chi connectivity index (χ2n) is 4.30. The molecular formula is C12H16ClFN2. The molecule has 1 atom stereocenters. The van der Waals surface area contributed by atoms with Gasteiger partial charge in [0.05, 0.1) is 5.02 Å². The third-order valence-corrected chi connectivity index (χ3v) is 3.30. The second-order valence-corrected chi connectivity index (χ2v) is 4.68. The molecule has 2 nitrogen and oxygen atoms in total. The van der Waals surface area contributed by atoms with Crippen LogP contribution in [0.4, 0.5) is 4.39 Å². The lowest BCUT2D eigenvalue weighted by Gasteiger charge is -2.32. The summed E-state index contributed by atoms with van der Waals surface area (Å²) in [6, 6.07) is 5.48. The minimum Gasteiger partial charge on any atom is -0.312 e. The smallest absolute Gasteiger partial charge is 0.142 e. The molecule has 1 aliphatic heterocycles. The molecule has 0 unspecified atom stereocenters. The van der Waals surface area contributed by atoms with Crippen molar-refractivity contribution in [2.45, 2.75) is 19.5 Å². The molecule has 4 heteroatoms. The van der Waals surface area contributed by atoms with Gasteiger partial charge in [-0.3, -0.25) is 4.90 Å². The zero-order valence-corrected chi connectivity index (χ0v) is 10.1. The zero-order valence-electron chi connectivity index (χ0n) is 9.34. The first kappa shape index (κ1) is 11.8. The van der Waals surface area contributed by atoms with Crippen LogP contribution >= 0.6 is 11.6 Å². The van der Waals surface area contributed by atoms with Gasteiger partial charge in [-0.25, -0.2) is 4.39 Å². The van der Waals surface area contributed by atoms with Gasteiger partial charge in [0, 0.05) is 32.2 Å². The van der Waals surface area contributed by atoms with Crippen LogP contribution in [-0.2, 0) is 6.54 Å². The summed E-state index contributed by atoms with van der Waals surface area (Å²) in [4.78, 5) is 2.29. The summed E-state index contributed by atoms with van der Waals surface area (Å²) >= 11 is 5.93. The molecule has 0 aromatic heterocycles. The van der Waals surface area contributed by atoms with E-state index in [1.54, 1.807) is 6.07 Å². The minimum absolute atomic E-state index is 0.258. The van der Waals surface area contributed by atoms with E-state index < -0.39 is 0 Å². The predicted molar refractivity (Wildman–Crippen MR) is 64.2 cm³/mol. The number of halogens is 2. The van der Waals surface area contributed by atoms with Gasteiger partial charge in [0.25, 0.3) is 0 Å². The van der Waals surface area contributed by atoms with E-state index in [0.717, 1.165) is 31.7 Å². The molecular weight excluding hydrogens is 227 g/mol. The summed E-state index contributed by atoms with van der Waals surface area (Å²) in [5.41, 5.74) is 0.871. The first-order chi connectivity index (χ1) is 7.66. The largest absolute Gasteiger partial charge is 0.312 e. The standard InChI is InChI=1S/C12H16ClFN2/c1-9-7-16(6-5-15-9)8-10-3-2-4-11(14)12(10)13/h2-4,9,15H,5-8H2,1H3/t9-/m1/s1. The molecule has 1 saturated heterocycles. The molecule has 88 valence electrons. The van der Waals surface area contributed by atoms with E-state index >= 15 is 0 Å². The van der Waals surface area contributed by atoms with Gasteiger partial charge in [-0.15, -0.1) is 0 Å². The minimum atomic E-state index is -0.331. The Kier molecular flexibility index (Phi) is 3.79. The van der Waals surface area contributed by atoms with Crippen LogP contribution in [0.5, 0.6) is 0 Å². The zero-order chi connectivity index (χ0) is 11.5. The molecule has 0 saturated carbocycles. The molecule has 1 aliphatic rings. The van der Waals surface area contributed by atoms with Crippen molar-refractivity contribution in [2.75, 3.05) is 19.6 Å². The quantitative estimate of drug-likeness (QED) is 0.856. The van der Waals surface area contributed by atoms with Crippen LogP contribution in [0.3, 0.4) is 0 Å². The summed E-state index contributed by atoms with van der Waals surface area (Å²) in [7, 11) is 0. The third-order valence-electron chi connectivity index (χ3n) is 2.88. The Balaban J connectivity index is 2.05. The van der Waals surface area contributed by atoms with Crippen LogP contribution < -0.4 is 5.32 Å². The van der Waals surface area contributed by atoms with Gasteiger partial charge in [0.1, 0.15) is 5.82 Å². The van der Waals surface area contributed by atoms with E-state index in [1.165, 1.54) is 6.07 Å². The van der Waals surface area contributed by atoms with E-state index in [-0.39, 0.29) is 10.8 Å². The monoisotopic (exact) mass is 242 g/mol. The highest BCUT2D eigenvalue weighted by Crippen LogP contribution is 2.21. The van der Waals surface area contributed by atoms with Gasteiger partial charge in [-0.05, 0) is 18.6 Å². The van der Waals surface area contributed by atoms with E-state index in [4.69, 9.17) is 11.6 Å². The third kappa shape index (κ3) is 2.73. The Hall–Kier alpha value is -0.640. The Morgan fingerprint density at radius 2 is 2.38 bits per heavy atom. The first-order valence-corrected chi connectivity index (χ1v) is 5.93. The molecule has 0 spiro atoms. The SMILES string of the molecule is C[C@@H]1CN(Cc2cccc(F)c2Cl)CCN1. The molecule has 1 heterocycles. The van der Waals surface area contributed by atoms with Crippen LogP contribution in [-0.4, -0.2) is 30.6 Å². The van der Waals surface area contributed by atoms with Gasteiger partial charge in [-0.1, -0.05) is 23.7 Å². The van der Waals surface area contributed by atoms with Crippen molar-refractivity contribution in [2.24, 2.45) is 0 Å². The average Bonchev–Trinajstić information content (AvgIpc) is 2.25. The van der Waals surface area contributed by atoms with Crippen LogP contribution in [0, 0.1) is 5.82 Å². The summed E-state index contributed by atoms with van der Waals surface area (Å²) < 4.78 is 13.2. The van der Waals surface area contributed by atoms with Gasteiger partial charge < -0.3 is 5.32 Å². The highest BCUT2D eigenvalue weighted by atomic mass is 35.5. The molecule has 1 aromatic rings. The van der Waals surface area contributed by atoms with Gasteiger partial charge >= 0.3 is 0 Å². The van der Waals surface area contributed by atoms with Crippen molar-refractivity contribution < 1.29 is 4.39 Å². The number of nitrogens with one attached hydrogen (secondary N) is 1. The molecule has 0 radical (unpaired) electrons. The Morgan fingerprint density at radius 3 is 3.12 bits per heavy atom. The normalized spacial score (nSPS) is 22.3. The number of benzene rings is 1. The van der Waals surface area contributed by atoms with Crippen molar-refractivity contribution in [1.29, 1.82) is 0 Å². The number of piperazine rings is 1. The van der Waals surface area contributed by atoms with Crippen LogP contribution in [0.25, 0.3) is 0 Å². The number of nitrogens with zero attached hydrogens (tertiary/aromatic N) is 1. The van der Waals surface area contributed by atoms with Crippen molar-refractivity contribution in [1.82, 2.24) is 10.2 Å². The summed E-state index contributed by atoms with van der Waals surface area (Å²) in [5.74, 6) is -0.331. The second kappa shape index (κ2) is 5.13. The lowest BCUT2D eigenvalue weighted by molar-refractivity contribution is 0.199. The fraction of sp³-hybridized carbons (Fsp3) is 0.500. The molecule has 1 fully saturated rings. The summed E-state index contributed by atoms with van der Waals surface area (Å²) in [6.45, 7) is 5.82. The fourth-order valence-corrected chi connectivity index (χ4v) is 2.25. The average molecular weight is 243 g/mol. The maximum atomic E-state index is 13.2. The lowest BCUT2D eigenvalue weighted by atomic mass is 10.1. The van der Waals surface area contributed by atoms with Gasteiger partial charge in [0.2, 0.25) is 0 Å². The summed E-state index contributed by atoms with van der Waals surface area (Å²) in [5, 5.41) is 3.63. The maximum Gasteiger partial charge on any atom is 0.142 e. The van der Waals surface area contributed by atoms with Gasteiger partial charge in [-0.2, -0.15) is 0 Å². The van der Waals surface area contributed by atoms with Crippen molar-refractivity contribution in [3.05, 3.63) is 34.6 Å². The highest BCUT2D eigenvalue weighted by Gasteiger charge is 2.17. The fourth-order valence-electron chi connectivity index (χ4n) is 2.07. The topological polar surface area (TPSA) is 15.3 Å². The Morgan fingerprint density at radius 1 is 1.56 bits per heavy atom. The van der Waals surface area contributed by atoms with Crippen molar-refractivity contribution >= 4 is 11.6 Å².